The second kappa shape index (κ2) is 8.50. The van der Waals surface area contributed by atoms with E-state index in [1.807, 2.05) is 7.05 Å². The van der Waals surface area contributed by atoms with Gasteiger partial charge < -0.3 is 20.1 Å². The van der Waals surface area contributed by atoms with Crippen molar-refractivity contribution in [2.24, 2.45) is 10.9 Å². The van der Waals surface area contributed by atoms with E-state index < -0.39 is 5.60 Å². The first-order chi connectivity index (χ1) is 11.7. The van der Waals surface area contributed by atoms with Gasteiger partial charge in [0.1, 0.15) is 0 Å². The number of ether oxygens (including phenoxy) is 1. The Morgan fingerprint density at radius 2 is 1.96 bits per heavy atom. The Hall–Kier alpha value is -0.850. The third-order valence-electron chi connectivity index (χ3n) is 5.78. The maximum absolute atomic E-state index is 10.7. The Morgan fingerprint density at radius 3 is 2.58 bits per heavy atom. The summed E-state index contributed by atoms with van der Waals surface area (Å²) in [7, 11) is 1.84. The Labute approximate surface area is 146 Å². The molecule has 0 spiro atoms. The van der Waals surface area contributed by atoms with Crippen LogP contribution in [0.15, 0.2) is 4.99 Å². The minimum absolute atomic E-state index is 0.543. The van der Waals surface area contributed by atoms with Crippen molar-refractivity contribution < 1.29 is 9.84 Å². The lowest BCUT2D eigenvalue weighted by molar-refractivity contribution is 0.00789. The van der Waals surface area contributed by atoms with Crippen LogP contribution in [0.5, 0.6) is 0 Å². The average molecular weight is 338 g/mol. The number of guanidine groups is 1. The van der Waals surface area contributed by atoms with Gasteiger partial charge in [0.25, 0.3) is 0 Å². The predicted molar refractivity (Wildman–Crippen MR) is 96.3 cm³/mol. The second-order valence-electron chi connectivity index (χ2n) is 7.70. The van der Waals surface area contributed by atoms with Crippen LogP contribution in [0.4, 0.5) is 0 Å². The maximum Gasteiger partial charge on any atom is 0.193 e. The van der Waals surface area contributed by atoms with E-state index in [-0.39, 0.29) is 0 Å². The molecule has 0 bridgehead atoms. The van der Waals surface area contributed by atoms with Gasteiger partial charge in [-0.1, -0.05) is 19.3 Å². The summed E-state index contributed by atoms with van der Waals surface area (Å²) < 4.78 is 5.48. The highest BCUT2D eigenvalue weighted by molar-refractivity contribution is 5.80. The molecule has 2 N–H and O–H groups in total. The molecule has 6 heteroatoms. The summed E-state index contributed by atoms with van der Waals surface area (Å²) in [6.07, 6.45) is 6.57. The van der Waals surface area contributed by atoms with Crippen molar-refractivity contribution in [2.45, 2.75) is 44.1 Å². The molecule has 1 aliphatic carbocycles. The van der Waals surface area contributed by atoms with Gasteiger partial charge in [0, 0.05) is 52.9 Å². The largest absolute Gasteiger partial charge is 0.388 e. The van der Waals surface area contributed by atoms with Crippen LogP contribution in [-0.2, 0) is 4.74 Å². The normalized spacial score (nSPS) is 29.0. The maximum atomic E-state index is 10.7. The van der Waals surface area contributed by atoms with Gasteiger partial charge in [-0.25, -0.2) is 0 Å². The summed E-state index contributed by atoms with van der Waals surface area (Å²) in [5, 5.41) is 14.1. The van der Waals surface area contributed by atoms with Crippen LogP contribution in [-0.4, -0.2) is 86.0 Å². The molecular formula is C18H34N4O2. The number of aliphatic imine (C=N–C) groups is 1. The molecule has 1 unspecified atom stereocenters. The fourth-order valence-electron chi connectivity index (χ4n) is 4.20. The van der Waals surface area contributed by atoms with E-state index in [9.17, 15) is 5.11 Å². The van der Waals surface area contributed by atoms with Crippen molar-refractivity contribution in [3.63, 3.8) is 0 Å². The van der Waals surface area contributed by atoms with Crippen molar-refractivity contribution in [3.8, 4) is 0 Å². The second-order valence-corrected chi connectivity index (χ2v) is 7.70. The van der Waals surface area contributed by atoms with Gasteiger partial charge in [0.2, 0.25) is 0 Å². The van der Waals surface area contributed by atoms with E-state index in [0.717, 1.165) is 77.0 Å². The van der Waals surface area contributed by atoms with Crippen LogP contribution in [0.1, 0.15) is 38.5 Å². The molecule has 3 rings (SSSR count). The molecule has 24 heavy (non-hydrogen) atoms. The monoisotopic (exact) mass is 338 g/mol. The van der Waals surface area contributed by atoms with Gasteiger partial charge in [-0.3, -0.25) is 9.89 Å². The molecule has 138 valence electrons. The number of aliphatic hydroxyl groups is 1. The third kappa shape index (κ3) is 4.83. The van der Waals surface area contributed by atoms with E-state index in [1.165, 1.54) is 19.4 Å². The zero-order valence-electron chi connectivity index (χ0n) is 15.2. The molecular weight excluding hydrogens is 304 g/mol. The summed E-state index contributed by atoms with van der Waals surface area (Å²) in [6.45, 7) is 7.84. The van der Waals surface area contributed by atoms with Crippen LogP contribution in [0.25, 0.3) is 0 Å². The number of nitrogens with one attached hydrogen (secondary N) is 1. The molecule has 0 radical (unpaired) electrons. The van der Waals surface area contributed by atoms with Crippen molar-refractivity contribution in [2.75, 3.05) is 59.5 Å². The minimum Gasteiger partial charge on any atom is -0.388 e. The summed E-state index contributed by atoms with van der Waals surface area (Å²) in [6, 6.07) is 0. The molecule has 0 amide bonds. The molecule has 1 saturated carbocycles. The smallest absolute Gasteiger partial charge is 0.193 e. The highest BCUT2D eigenvalue weighted by Crippen LogP contribution is 2.27. The Balaban J connectivity index is 1.41. The third-order valence-corrected chi connectivity index (χ3v) is 5.78. The number of piperazine rings is 1. The quantitative estimate of drug-likeness (QED) is 0.589. The summed E-state index contributed by atoms with van der Waals surface area (Å²) >= 11 is 0. The van der Waals surface area contributed by atoms with E-state index in [2.05, 4.69) is 20.1 Å². The van der Waals surface area contributed by atoms with E-state index in [4.69, 9.17) is 4.74 Å². The van der Waals surface area contributed by atoms with Crippen LogP contribution in [0.3, 0.4) is 0 Å². The van der Waals surface area contributed by atoms with E-state index >= 15 is 0 Å². The number of rotatable bonds is 4. The lowest BCUT2D eigenvalue weighted by Crippen LogP contribution is -2.55. The van der Waals surface area contributed by atoms with Gasteiger partial charge in [0.15, 0.2) is 5.96 Å². The minimum atomic E-state index is -0.543. The molecule has 0 aromatic rings. The van der Waals surface area contributed by atoms with Gasteiger partial charge >= 0.3 is 0 Å². The molecule has 2 saturated heterocycles. The zero-order valence-corrected chi connectivity index (χ0v) is 15.2. The first kappa shape index (κ1) is 18.0. The zero-order chi connectivity index (χ0) is 16.8. The molecule has 6 nitrogen and oxygen atoms in total. The lowest BCUT2D eigenvalue weighted by atomic mass is 9.85. The first-order valence-electron chi connectivity index (χ1n) is 9.67. The van der Waals surface area contributed by atoms with Gasteiger partial charge in [-0.15, -0.1) is 0 Å². The number of hydrogen-bond acceptors (Lipinski definition) is 4. The fourth-order valence-corrected chi connectivity index (χ4v) is 4.20. The Bertz CT molecular complexity index is 409. The van der Waals surface area contributed by atoms with Crippen LogP contribution >= 0.6 is 0 Å². The van der Waals surface area contributed by atoms with Crippen LogP contribution < -0.4 is 5.32 Å². The summed E-state index contributed by atoms with van der Waals surface area (Å²) in [5.41, 5.74) is -0.543. The molecule has 1 atom stereocenters. The van der Waals surface area contributed by atoms with Crippen molar-refractivity contribution >= 4 is 5.96 Å². The molecule has 2 heterocycles. The highest BCUT2D eigenvalue weighted by Gasteiger charge is 2.30. The number of hydrogen-bond donors (Lipinski definition) is 2. The first-order valence-corrected chi connectivity index (χ1v) is 9.67. The van der Waals surface area contributed by atoms with Gasteiger partial charge in [0.05, 0.1) is 12.2 Å². The molecule has 0 aromatic heterocycles. The molecule has 0 aromatic carbocycles. The number of nitrogens with zero attached hydrogens (tertiary/aromatic N) is 3. The highest BCUT2D eigenvalue weighted by atomic mass is 16.5. The fraction of sp³-hybridized carbons (Fsp3) is 0.944. The van der Waals surface area contributed by atoms with Crippen molar-refractivity contribution in [3.05, 3.63) is 0 Å². The average Bonchev–Trinajstić information content (AvgIpc) is 3.10. The molecule has 3 fully saturated rings. The lowest BCUT2D eigenvalue weighted by Gasteiger charge is -2.39. The standard InChI is InChI=1S/C18H34N4O2/c1-19-17(20-15-18(23)6-3-2-4-7-18)22-10-8-21(9-11-22)13-16-5-12-24-14-16/h16,23H,2-15H2,1H3,(H,19,20). The summed E-state index contributed by atoms with van der Waals surface area (Å²) in [5.74, 6) is 1.66. The van der Waals surface area contributed by atoms with Crippen molar-refractivity contribution in [1.29, 1.82) is 0 Å². The SMILES string of the molecule is CN=C(NCC1(O)CCCCC1)N1CCN(CC2CCOC2)CC1. The predicted octanol–water partition coefficient (Wildman–Crippen LogP) is 0.911. The van der Waals surface area contributed by atoms with Crippen molar-refractivity contribution in [1.82, 2.24) is 15.1 Å². The van der Waals surface area contributed by atoms with Crippen LogP contribution in [0.2, 0.25) is 0 Å². The summed E-state index contributed by atoms with van der Waals surface area (Å²) in [4.78, 5) is 9.32. The Morgan fingerprint density at radius 1 is 1.21 bits per heavy atom. The molecule has 2 aliphatic heterocycles. The van der Waals surface area contributed by atoms with E-state index in [1.54, 1.807) is 0 Å². The Kier molecular flexibility index (Phi) is 6.36. The van der Waals surface area contributed by atoms with Crippen LogP contribution in [0, 0.1) is 5.92 Å². The van der Waals surface area contributed by atoms with Gasteiger partial charge in [-0.2, -0.15) is 0 Å². The van der Waals surface area contributed by atoms with Gasteiger partial charge in [-0.05, 0) is 25.2 Å². The molecule has 3 aliphatic rings. The topological polar surface area (TPSA) is 60.3 Å². The van der Waals surface area contributed by atoms with E-state index in [0.29, 0.717) is 6.54 Å².